The van der Waals surface area contributed by atoms with E-state index in [4.69, 9.17) is 17.3 Å². The summed E-state index contributed by atoms with van der Waals surface area (Å²) in [6.07, 6.45) is 1.80. The molecule has 70 valence electrons. The van der Waals surface area contributed by atoms with Crippen LogP contribution in [0.2, 0.25) is 0 Å². The van der Waals surface area contributed by atoms with Crippen LogP contribution in [0.15, 0.2) is 34.7 Å². The van der Waals surface area contributed by atoms with Gasteiger partial charge in [0.05, 0.1) is 0 Å². The summed E-state index contributed by atoms with van der Waals surface area (Å²) < 4.78 is 12.6. The van der Waals surface area contributed by atoms with Crippen LogP contribution in [0.3, 0.4) is 0 Å². The van der Waals surface area contributed by atoms with Gasteiger partial charge in [-0.1, -0.05) is 17.7 Å². The molecule has 1 nitrogen and oxygen atoms in total. The summed E-state index contributed by atoms with van der Waals surface area (Å²) in [6.45, 7) is 0. The van der Waals surface area contributed by atoms with Gasteiger partial charge in [0.2, 0.25) is 0 Å². The van der Waals surface area contributed by atoms with Gasteiger partial charge in [-0.15, -0.1) is 11.8 Å². The predicted octanol–water partition coefficient (Wildman–Crippen LogP) is 3.25. The molecule has 0 aromatic heterocycles. The van der Waals surface area contributed by atoms with Crippen molar-refractivity contribution in [2.45, 2.75) is 4.90 Å². The Morgan fingerprint density at radius 2 is 2.31 bits per heavy atom. The predicted molar refractivity (Wildman–Crippen MR) is 56.5 cm³/mol. The Morgan fingerprint density at radius 1 is 1.54 bits per heavy atom. The van der Waals surface area contributed by atoms with Gasteiger partial charge in [-0.25, -0.2) is 4.39 Å². The fourth-order valence-corrected chi connectivity index (χ4v) is 1.78. The van der Waals surface area contributed by atoms with E-state index < -0.39 is 0 Å². The van der Waals surface area contributed by atoms with Crippen LogP contribution in [0.1, 0.15) is 0 Å². The number of nitrogens with two attached hydrogens (primary N) is 1. The van der Waals surface area contributed by atoms with E-state index in [0.29, 0.717) is 5.69 Å². The van der Waals surface area contributed by atoms with Crippen molar-refractivity contribution in [3.05, 3.63) is 35.6 Å². The number of hydrogen-bond donors (Lipinski definition) is 1. The highest BCUT2D eigenvalue weighted by Crippen LogP contribution is 2.25. The number of rotatable bonds is 3. The van der Waals surface area contributed by atoms with Crippen molar-refractivity contribution in [1.29, 1.82) is 0 Å². The number of anilines is 1. The summed E-state index contributed by atoms with van der Waals surface area (Å²) in [5, 5.41) is 0. The molecule has 1 aromatic rings. The SMILES string of the molecule is Nc1cc(F)ccc1SC/C=C/Cl. The minimum absolute atomic E-state index is 0.310. The largest absolute Gasteiger partial charge is 0.398 e. The monoisotopic (exact) mass is 217 g/mol. The van der Waals surface area contributed by atoms with E-state index >= 15 is 0 Å². The van der Waals surface area contributed by atoms with Crippen molar-refractivity contribution >= 4 is 29.1 Å². The first-order valence-electron chi connectivity index (χ1n) is 3.67. The second-order valence-corrected chi connectivity index (χ2v) is 3.67. The van der Waals surface area contributed by atoms with Crippen molar-refractivity contribution in [1.82, 2.24) is 0 Å². The number of benzene rings is 1. The van der Waals surface area contributed by atoms with Gasteiger partial charge >= 0.3 is 0 Å². The number of nitrogen functional groups attached to an aromatic ring is 1. The lowest BCUT2D eigenvalue weighted by atomic mass is 10.3. The molecule has 0 fully saturated rings. The summed E-state index contributed by atoms with van der Waals surface area (Å²) in [5.74, 6) is 0.425. The van der Waals surface area contributed by atoms with E-state index in [1.54, 1.807) is 12.1 Å². The standard InChI is InChI=1S/C9H9ClFNS/c10-4-1-5-13-9-3-2-7(11)6-8(9)12/h1-4,6H,5,12H2/b4-1+. The van der Waals surface area contributed by atoms with Crippen molar-refractivity contribution in [3.8, 4) is 0 Å². The molecule has 0 spiro atoms. The molecule has 13 heavy (non-hydrogen) atoms. The molecule has 0 aliphatic carbocycles. The van der Waals surface area contributed by atoms with Crippen molar-refractivity contribution in [2.75, 3.05) is 11.5 Å². The van der Waals surface area contributed by atoms with E-state index in [1.807, 2.05) is 0 Å². The zero-order valence-corrected chi connectivity index (χ0v) is 8.41. The number of halogens is 2. The van der Waals surface area contributed by atoms with Gasteiger partial charge in [0.25, 0.3) is 0 Å². The molecular weight excluding hydrogens is 209 g/mol. The second kappa shape index (κ2) is 5.14. The van der Waals surface area contributed by atoms with Crippen LogP contribution in [0.25, 0.3) is 0 Å². The van der Waals surface area contributed by atoms with Crippen LogP contribution in [-0.4, -0.2) is 5.75 Å². The molecule has 0 amide bonds. The van der Waals surface area contributed by atoms with Crippen LogP contribution in [0.4, 0.5) is 10.1 Å². The lowest BCUT2D eigenvalue weighted by molar-refractivity contribution is 0.627. The van der Waals surface area contributed by atoms with E-state index in [0.717, 1.165) is 10.6 Å². The highest BCUT2D eigenvalue weighted by Gasteiger charge is 1.99. The van der Waals surface area contributed by atoms with Crippen molar-refractivity contribution in [3.63, 3.8) is 0 Å². The average Bonchev–Trinajstić information content (AvgIpc) is 2.09. The Labute approximate surface area is 85.8 Å². The van der Waals surface area contributed by atoms with E-state index in [2.05, 4.69) is 0 Å². The molecule has 0 unspecified atom stereocenters. The summed E-state index contributed by atoms with van der Waals surface area (Å²) in [4.78, 5) is 0.871. The Kier molecular flexibility index (Phi) is 4.12. The third kappa shape index (κ3) is 3.28. The summed E-state index contributed by atoms with van der Waals surface area (Å²) in [7, 11) is 0. The smallest absolute Gasteiger partial charge is 0.125 e. The topological polar surface area (TPSA) is 26.0 Å². The highest BCUT2D eigenvalue weighted by molar-refractivity contribution is 7.99. The van der Waals surface area contributed by atoms with Crippen molar-refractivity contribution in [2.24, 2.45) is 0 Å². The maximum Gasteiger partial charge on any atom is 0.125 e. The minimum atomic E-state index is -0.310. The summed E-state index contributed by atoms with van der Waals surface area (Å²) in [6, 6.07) is 4.37. The maximum absolute atomic E-state index is 12.6. The third-order valence-corrected chi connectivity index (χ3v) is 2.62. The van der Waals surface area contributed by atoms with Gasteiger partial charge in [-0.05, 0) is 18.2 Å². The van der Waals surface area contributed by atoms with Crippen molar-refractivity contribution < 1.29 is 4.39 Å². The van der Waals surface area contributed by atoms with Gasteiger partial charge < -0.3 is 5.73 Å². The minimum Gasteiger partial charge on any atom is -0.398 e. The Balaban J connectivity index is 2.66. The Hall–Kier alpha value is -0.670. The van der Waals surface area contributed by atoms with Gasteiger partial charge in [0.1, 0.15) is 5.82 Å². The zero-order valence-electron chi connectivity index (χ0n) is 6.84. The summed E-state index contributed by atoms with van der Waals surface area (Å²) in [5.41, 5.74) is 7.50. The van der Waals surface area contributed by atoms with Crippen LogP contribution in [0.5, 0.6) is 0 Å². The Bertz CT molecular complexity index is 314. The Morgan fingerprint density at radius 3 is 2.92 bits per heavy atom. The average molecular weight is 218 g/mol. The molecule has 0 heterocycles. The second-order valence-electron chi connectivity index (χ2n) is 2.35. The molecule has 0 saturated carbocycles. The van der Waals surface area contributed by atoms with Crippen LogP contribution in [-0.2, 0) is 0 Å². The fraction of sp³-hybridized carbons (Fsp3) is 0.111. The molecule has 0 aliphatic heterocycles. The maximum atomic E-state index is 12.6. The normalized spacial score (nSPS) is 10.9. The lowest BCUT2D eigenvalue weighted by Gasteiger charge is -2.02. The lowest BCUT2D eigenvalue weighted by Crippen LogP contribution is -1.89. The van der Waals surface area contributed by atoms with Crippen LogP contribution < -0.4 is 5.73 Å². The molecule has 2 N–H and O–H groups in total. The first-order valence-corrected chi connectivity index (χ1v) is 5.09. The highest BCUT2D eigenvalue weighted by atomic mass is 35.5. The van der Waals surface area contributed by atoms with E-state index in [1.165, 1.54) is 29.4 Å². The van der Waals surface area contributed by atoms with Gasteiger partial charge in [0, 0.05) is 21.9 Å². The van der Waals surface area contributed by atoms with Crippen LogP contribution in [0, 0.1) is 5.82 Å². The molecule has 4 heteroatoms. The molecule has 0 atom stereocenters. The molecule has 1 aromatic carbocycles. The first kappa shape index (κ1) is 10.4. The molecule has 0 saturated heterocycles. The third-order valence-electron chi connectivity index (χ3n) is 1.40. The molecular formula is C9H9ClFNS. The van der Waals surface area contributed by atoms with E-state index in [-0.39, 0.29) is 5.82 Å². The van der Waals surface area contributed by atoms with Gasteiger partial charge in [-0.2, -0.15) is 0 Å². The number of hydrogen-bond acceptors (Lipinski definition) is 2. The van der Waals surface area contributed by atoms with E-state index in [9.17, 15) is 4.39 Å². The molecule has 0 radical (unpaired) electrons. The number of thioether (sulfide) groups is 1. The van der Waals surface area contributed by atoms with Gasteiger partial charge in [-0.3, -0.25) is 0 Å². The zero-order chi connectivity index (χ0) is 9.68. The van der Waals surface area contributed by atoms with Crippen LogP contribution >= 0.6 is 23.4 Å². The molecule has 0 aliphatic rings. The molecule has 0 bridgehead atoms. The molecule has 1 rings (SSSR count). The quantitative estimate of drug-likeness (QED) is 0.621. The fourth-order valence-electron chi connectivity index (χ4n) is 0.825. The van der Waals surface area contributed by atoms with Gasteiger partial charge in [0.15, 0.2) is 0 Å². The summed E-state index contributed by atoms with van der Waals surface area (Å²) >= 11 is 6.87. The first-order chi connectivity index (χ1) is 6.24.